The summed E-state index contributed by atoms with van der Waals surface area (Å²) in [4.78, 5) is 18.1. The van der Waals surface area contributed by atoms with Crippen LogP contribution in [0.2, 0.25) is 0 Å². The van der Waals surface area contributed by atoms with Crippen LogP contribution < -0.4 is 4.72 Å². The van der Waals surface area contributed by atoms with Crippen molar-refractivity contribution >= 4 is 38.2 Å². The minimum atomic E-state index is -4.01. The second-order valence-electron chi connectivity index (χ2n) is 4.50. The molecule has 0 saturated heterocycles. The van der Waals surface area contributed by atoms with Crippen molar-refractivity contribution in [3.8, 4) is 0 Å². The maximum atomic E-state index is 12.5. The molecule has 0 bridgehead atoms. The number of aromatic nitrogens is 2. The Morgan fingerprint density at radius 3 is 2.82 bits per heavy atom. The highest BCUT2D eigenvalue weighted by Gasteiger charge is 2.29. The molecule has 3 rings (SSSR count). The molecule has 2 aromatic heterocycles. The zero-order valence-corrected chi connectivity index (χ0v) is 12.7. The molecule has 1 aromatic carbocycles. The Kier molecular flexibility index (Phi) is 3.69. The number of H-pyrrole nitrogens is 1. The number of rotatable bonds is 5. The number of thiazole rings is 1. The molecule has 9 heteroatoms. The summed E-state index contributed by atoms with van der Waals surface area (Å²) >= 11 is 1.20. The lowest BCUT2D eigenvalue weighted by molar-refractivity contribution is -0.139. The van der Waals surface area contributed by atoms with Gasteiger partial charge in [0.15, 0.2) is 6.04 Å². The van der Waals surface area contributed by atoms with Gasteiger partial charge in [-0.1, -0.05) is 18.2 Å². The predicted molar refractivity (Wildman–Crippen MR) is 81.1 cm³/mol. The average Bonchev–Trinajstić information content (AvgIpc) is 3.14. The second-order valence-corrected chi connectivity index (χ2v) is 6.91. The van der Waals surface area contributed by atoms with Crippen LogP contribution in [-0.2, 0) is 14.8 Å². The van der Waals surface area contributed by atoms with Gasteiger partial charge in [-0.2, -0.15) is 4.72 Å². The number of hydrogen-bond donors (Lipinski definition) is 3. The molecule has 114 valence electrons. The van der Waals surface area contributed by atoms with Gasteiger partial charge in [0.05, 0.1) is 11.2 Å². The number of aromatic amines is 1. The van der Waals surface area contributed by atoms with Gasteiger partial charge < -0.3 is 10.1 Å². The fourth-order valence-corrected chi connectivity index (χ4v) is 4.01. The molecular weight excluding hydrogens is 326 g/mol. The van der Waals surface area contributed by atoms with Crippen LogP contribution in [0.1, 0.15) is 11.7 Å². The van der Waals surface area contributed by atoms with Crippen LogP contribution in [0.25, 0.3) is 10.9 Å². The minimum absolute atomic E-state index is 0.00424. The second kappa shape index (κ2) is 5.52. The summed E-state index contributed by atoms with van der Waals surface area (Å²) in [5.41, 5.74) is 2.26. The molecule has 1 unspecified atom stereocenters. The summed E-state index contributed by atoms with van der Waals surface area (Å²) in [5.74, 6) is -1.31. The Labute approximate surface area is 129 Å². The van der Waals surface area contributed by atoms with Gasteiger partial charge >= 0.3 is 5.97 Å². The molecule has 0 aliphatic carbocycles. The Balaban J connectivity index is 2.01. The van der Waals surface area contributed by atoms with Crippen molar-refractivity contribution in [2.75, 3.05) is 0 Å². The van der Waals surface area contributed by atoms with Crippen molar-refractivity contribution in [2.24, 2.45) is 0 Å². The van der Waals surface area contributed by atoms with Crippen molar-refractivity contribution in [1.82, 2.24) is 14.7 Å². The molecule has 7 nitrogen and oxygen atoms in total. The zero-order valence-electron chi connectivity index (χ0n) is 11.1. The van der Waals surface area contributed by atoms with Crippen LogP contribution in [0.5, 0.6) is 0 Å². The molecule has 0 fully saturated rings. The van der Waals surface area contributed by atoms with E-state index in [1.807, 2.05) is 0 Å². The van der Waals surface area contributed by atoms with E-state index in [4.69, 9.17) is 0 Å². The third-order valence-corrected chi connectivity index (χ3v) is 5.18. The fraction of sp³-hybridized carbons (Fsp3) is 0.0769. The van der Waals surface area contributed by atoms with Gasteiger partial charge in [0.2, 0.25) is 10.0 Å². The third-order valence-electron chi connectivity index (χ3n) is 3.11. The standard InChI is InChI=1S/C13H11N3O4S2/c17-13(18)12(10-6-21-7-15-10)16-22(19,20)11-5-14-9-4-2-1-3-8(9)11/h1-7,12,14,16H,(H,17,18). The van der Waals surface area contributed by atoms with Gasteiger partial charge in [0, 0.05) is 22.5 Å². The number of hydrogen-bond acceptors (Lipinski definition) is 5. The molecular formula is C13H11N3O4S2. The number of fused-ring (bicyclic) bond motifs is 1. The van der Waals surface area contributed by atoms with E-state index in [9.17, 15) is 18.3 Å². The van der Waals surface area contributed by atoms with Crippen LogP contribution in [0, 0.1) is 0 Å². The molecule has 0 saturated carbocycles. The summed E-state index contributed by atoms with van der Waals surface area (Å²) in [6, 6.07) is 5.45. The Morgan fingerprint density at radius 2 is 2.14 bits per heavy atom. The molecule has 2 heterocycles. The Hall–Kier alpha value is -2.23. The van der Waals surface area contributed by atoms with Crippen LogP contribution in [0.4, 0.5) is 0 Å². The summed E-state index contributed by atoms with van der Waals surface area (Å²) in [6.45, 7) is 0. The first kappa shape index (κ1) is 14.7. The van der Waals surface area contributed by atoms with Crippen molar-refractivity contribution in [2.45, 2.75) is 10.9 Å². The Bertz CT molecular complexity index is 916. The highest BCUT2D eigenvalue weighted by Crippen LogP contribution is 2.24. The maximum Gasteiger partial charge on any atom is 0.328 e. The predicted octanol–water partition coefficient (Wildman–Crippen LogP) is 1.73. The lowest BCUT2D eigenvalue weighted by Crippen LogP contribution is -2.33. The first-order valence-electron chi connectivity index (χ1n) is 6.18. The molecule has 0 spiro atoms. The third kappa shape index (κ3) is 2.61. The lowest BCUT2D eigenvalue weighted by atomic mass is 10.2. The van der Waals surface area contributed by atoms with Crippen LogP contribution in [0.3, 0.4) is 0 Å². The van der Waals surface area contributed by atoms with Gasteiger partial charge in [-0.05, 0) is 6.07 Å². The summed E-state index contributed by atoms with van der Waals surface area (Å²) in [5, 5.41) is 11.2. The van der Waals surface area contributed by atoms with E-state index in [0.29, 0.717) is 10.9 Å². The number of nitrogens with one attached hydrogen (secondary N) is 2. The van der Waals surface area contributed by atoms with Gasteiger partial charge in [0.25, 0.3) is 0 Å². The number of aliphatic carboxylic acids is 1. The Morgan fingerprint density at radius 1 is 1.36 bits per heavy atom. The van der Waals surface area contributed by atoms with E-state index in [1.54, 1.807) is 24.3 Å². The van der Waals surface area contributed by atoms with E-state index in [1.165, 1.54) is 28.4 Å². The van der Waals surface area contributed by atoms with Crippen LogP contribution in [0.15, 0.2) is 46.2 Å². The number of sulfonamides is 1. The number of carbonyl (C=O) groups is 1. The lowest BCUT2D eigenvalue weighted by Gasteiger charge is -2.12. The number of carboxylic acids is 1. The highest BCUT2D eigenvalue weighted by molar-refractivity contribution is 7.89. The summed E-state index contributed by atoms with van der Waals surface area (Å²) in [7, 11) is -4.01. The topological polar surface area (TPSA) is 112 Å². The van der Waals surface area contributed by atoms with Crippen molar-refractivity contribution in [3.05, 3.63) is 47.0 Å². The smallest absolute Gasteiger partial charge is 0.328 e. The molecule has 3 N–H and O–H groups in total. The zero-order chi connectivity index (χ0) is 15.7. The fourth-order valence-electron chi connectivity index (χ4n) is 2.09. The quantitative estimate of drug-likeness (QED) is 0.656. The van der Waals surface area contributed by atoms with Gasteiger partial charge in [-0.25, -0.2) is 13.4 Å². The number of benzene rings is 1. The van der Waals surface area contributed by atoms with Crippen LogP contribution >= 0.6 is 11.3 Å². The average molecular weight is 337 g/mol. The van der Waals surface area contributed by atoms with Gasteiger partial charge in [-0.3, -0.25) is 4.79 Å². The molecule has 3 aromatic rings. The van der Waals surface area contributed by atoms with E-state index in [-0.39, 0.29) is 10.6 Å². The largest absolute Gasteiger partial charge is 0.480 e. The molecule has 0 radical (unpaired) electrons. The molecule has 0 amide bonds. The van der Waals surface area contributed by atoms with E-state index in [0.717, 1.165) is 0 Å². The molecule has 0 aliphatic rings. The summed E-state index contributed by atoms with van der Waals surface area (Å²) in [6.07, 6.45) is 1.34. The number of para-hydroxylation sites is 1. The molecule has 0 aliphatic heterocycles. The van der Waals surface area contributed by atoms with Crippen molar-refractivity contribution in [3.63, 3.8) is 0 Å². The number of carboxylic acid groups (broad SMARTS) is 1. The van der Waals surface area contributed by atoms with E-state index in [2.05, 4.69) is 14.7 Å². The monoisotopic (exact) mass is 337 g/mol. The van der Waals surface area contributed by atoms with E-state index < -0.39 is 22.0 Å². The first-order valence-corrected chi connectivity index (χ1v) is 8.61. The normalized spacial score (nSPS) is 13.3. The van der Waals surface area contributed by atoms with Gasteiger partial charge in [-0.15, -0.1) is 11.3 Å². The maximum absolute atomic E-state index is 12.5. The highest BCUT2D eigenvalue weighted by atomic mass is 32.2. The molecule has 1 atom stereocenters. The first-order chi connectivity index (χ1) is 10.5. The van der Waals surface area contributed by atoms with Crippen LogP contribution in [-0.4, -0.2) is 29.5 Å². The van der Waals surface area contributed by atoms with Gasteiger partial charge in [0.1, 0.15) is 4.90 Å². The number of nitrogens with zero attached hydrogens (tertiary/aromatic N) is 1. The van der Waals surface area contributed by atoms with E-state index >= 15 is 0 Å². The molecule has 22 heavy (non-hydrogen) atoms. The SMILES string of the molecule is O=C(O)C(NS(=O)(=O)c1c[nH]c2ccccc12)c1cscn1. The summed E-state index contributed by atoms with van der Waals surface area (Å²) < 4.78 is 27.2. The van der Waals surface area contributed by atoms with Crippen molar-refractivity contribution in [1.29, 1.82) is 0 Å². The van der Waals surface area contributed by atoms with Crippen molar-refractivity contribution < 1.29 is 18.3 Å². The minimum Gasteiger partial charge on any atom is -0.480 e.